The molecule has 0 saturated heterocycles. The molecule has 0 aliphatic carbocycles. The maximum absolute atomic E-state index is 14.3. The van der Waals surface area contributed by atoms with Crippen LogP contribution in [0, 0.1) is 0 Å². The molecular formula is C30H29N3O. The fourth-order valence-electron chi connectivity index (χ4n) is 5.23. The molecule has 0 spiro atoms. The van der Waals surface area contributed by atoms with Gasteiger partial charge in [0.1, 0.15) is 0 Å². The van der Waals surface area contributed by atoms with Crippen molar-refractivity contribution in [3.8, 4) is 0 Å². The molecule has 1 amide bonds. The molecule has 4 aromatic rings. The van der Waals surface area contributed by atoms with Gasteiger partial charge in [-0.3, -0.25) is 19.7 Å². The number of carbonyl (C=O) groups excluding carboxylic acids is 1. The molecule has 4 heteroatoms. The highest BCUT2D eigenvalue weighted by molar-refractivity contribution is 6.13. The van der Waals surface area contributed by atoms with Gasteiger partial charge in [0.05, 0.1) is 11.1 Å². The Labute approximate surface area is 201 Å². The number of aromatic nitrogens is 2. The summed E-state index contributed by atoms with van der Waals surface area (Å²) in [6.07, 6.45) is 12.8. The van der Waals surface area contributed by atoms with Gasteiger partial charge in [-0.15, -0.1) is 0 Å². The molecule has 0 unspecified atom stereocenters. The number of rotatable bonds is 9. The third-order valence-electron chi connectivity index (χ3n) is 6.87. The van der Waals surface area contributed by atoms with Crippen LogP contribution in [0.2, 0.25) is 0 Å². The molecule has 0 bridgehead atoms. The Kier molecular flexibility index (Phi) is 6.48. The lowest BCUT2D eigenvalue weighted by atomic mass is 9.73. The van der Waals surface area contributed by atoms with Gasteiger partial charge in [0.25, 0.3) is 0 Å². The maximum Gasteiger partial charge on any atom is 0.242 e. The van der Waals surface area contributed by atoms with Gasteiger partial charge in [-0.05, 0) is 85.5 Å². The van der Waals surface area contributed by atoms with Crippen LogP contribution < -0.4 is 4.90 Å². The first kappa shape index (κ1) is 22.0. The van der Waals surface area contributed by atoms with Crippen LogP contribution >= 0.6 is 0 Å². The first-order valence-electron chi connectivity index (χ1n) is 12.0. The predicted octanol–water partition coefficient (Wildman–Crippen LogP) is 6.44. The van der Waals surface area contributed by atoms with Crippen LogP contribution in [0.3, 0.4) is 0 Å². The molecule has 170 valence electrons. The van der Waals surface area contributed by atoms with Crippen LogP contribution in [-0.2, 0) is 23.1 Å². The van der Waals surface area contributed by atoms with Crippen molar-refractivity contribution in [2.45, 2.75) is 43.9 Å². The van der Waals surface area contributed by atoms with E-state index in [1.54, 1.807) is 12.4 Å². The van der Waals surface area contributed by atoms with Crippen molar-refractivity contribution < 1.29 is 4.79 Å². The molecule has 3 heterocycles. The van der Waals surface area contributed by atoms with E-state index >= 15 is 0 Å². The van der Waals surface area contributed by atoms with Gasteiger partial charge in [-0.2, -0.15) is 0 Å². The van der Waals surface area contributed by atoms with E-state index in [1.807, 2.05) is 65.8 Å². The fraction of sp³-hybridized carbons (Fsp3) is 0.233. The Bertz CT molecular complexity index is 1180. The van der Waals surface area contributed by atoms with Gasteiger partial charge in [-0.1, -0.05) is 48.5 Å². The number of benzene rings is 2. The van der Waals surface area contributed by atoms with Crippen LogP contribution in [0.25, 0.3) is 0 Å². The first-order chi connectivity index (χ1) is 16.8. The Morgan fingerprint density at radius 1 is 0.676 bits per heavy atom. The molecule has 0 atom stereocenters. The molecule has 2 aromatic heterocycles. The van der Waals surface area contributed by atoms with E-state index in [1.165, 1.54) is 11.1 Å². The van der Waals surface area contributed by atoms with E-state index in [4.69, 9.17) is 0 Å². The zero-order chi connectivity index (χ0) is 23.2. The number of anilines is 2. The number of nitrogens with zero attached hydrogens (tertiary/aromatic N) is 3. The van der Waals surface area contributed by atoms with Gasteiger partial charge in [0.15, 0.2) is 0 Å². The Morgan fingerprint density at radius 3 is 1.85 bits per heavy atom. The number of aryl methyl sites for hydroxylation is 2. The van der Waals surface area contributed by atoms with Crippen molar-refractivity contribution in [2.24, 2.45) is 0 Å². The van der Waals surface area contributed by atoms with Crippen LogP contribution in [0.15, 0.2) is 104 Å². The van der Waals surface area contributed by atoms with Gasteiger partial charge >= 0.3 is 0 Å². The summed E-state index contributed by atoms with van der Waals surface area (Å²) in [6.45, 7) is 0. The van der Waals surface area contributed by atoms with Crippen LogP contribution in [0.1, 0.15) is 42.4 Å². The van der Waals surface area contributed by atoms with E-state index in [0.29, 0.717) is 0 Å². The molecule has 1 aliphatic heterocycles. The molecule has 5 rings (SSSR count). The standard InChI is InChI=1S/C30H29N3O/c34-29-30(18-6-10-24-12-8-20-31-22-24,19-7-11-25-13-9-21-32-23-25)27-16-4-5-17-28(27)33(29)26-14-2-1-3-15-26/h1-5,8-9,12-17,20-23H,6-7,10-11,18-19H2. The normalized spacial score (nSPS) is 14.2. The van der Waals surface area contributed by atoms with Gasteiger partial charge < -0.3 is 0 Å². The summed E-state index contributed by atoms with van der Waals surface area (Å²) in [5.41, 5.74) is 5.00. The lowest BCUT2D eigenvalue weighted by molar-refractivity contribution is -0.123. The molecule has 0 saturated carbocycles. The van der Waals surface area contributed by atoms with Crippen molar-refractivity contribution in [3.05, 3.63) is 120 Å². The largest absolute Gasteiger partial charge is 0.280 e. The van der Waals surface area contributed by atoms with E-state index in [2.05, 4.69) is 40.3 Å². The quantitative estimate of drug-likeness (QED) is 0.297. The average molecular weight is 448 g/mol. The molecule has 1 aliphatic rings. The second kappa shape index (κ2) is 10.0. The number of fused-ring (bicyclic) bond motifs is 1. The zero-order valence-electron chi connectivity index (χ0n) is 19.3. The highest BCUT2D eigenvalue weighted by Crippen LogP contribution is 2.50. The summed E-state index contributed by atoms with van der Waals surface area (Å²) in [6, 6.07) is 26.6. The Hall–Kier alpha value is -3.79. The molecule has 4 nitrogen and oxygen atoms in total. The average Bonchev–Trinajstić information content (AvgIpc) is 3.14. The monoisotopic (exact) mass is 447 g/mol. The Balaban J connectivity index is 1.46. The van der Waals surface area contributed by atoms with E-state index in [9.17, 15) is 4.79 Å². The number of hydrogen-bond donors (Lipinski definition) is 0. The summed E-state index contributed by atoms with van der Waals surface area (Å²) >= 11 is 0. The van der Waals surface area contributed by atoms with Crippen molar-refractivity contribution in [2.75, 3.05) is 4.90 Å². The maximum atomic E-state index is 14.3. The first-order valence-corrected chi connectivity index (χ1v) is 12.0. The molecule has 2 aromatic carbocycles. The van der Waals surface area contributed by atoms with E-state index in [-0.39, 0.29) is 5.91 Å². The third kappa shape index (κ3) is 4.36. The van der Waals surface area contributed by atoms with Crippen molar-refractivity contribution in [1.29, 1.82) is 0 Å². The lowest BCUT2D eigenvalue weighted by Crippen LogP contribution is -2.38. The third-order valence-corrected chi connectivity index (χ3v) is 6.87. The van der Waals surface area contributed by atoms with E-state index in [0.717, 1.165) is 55.5 Å². The van der Waals surface area contributed by atoms with Crippen molar-refractivity contribution in [1.82, 2.24) is 9.97 Å². The predicted molar refractivity (Wildman–Crippen MR) is 136 cm³/mol. The number of para-hydroxylation sites is 2. The second-order valence-corrected chi connectivity index (χ2v) is 9.01. The van der Waals surface area contributed by atoms with Gasteiger partial charge in [0, 0.05) is 30.5 Å². The topological polar surface area (TPSA) is 46.1 Å². The SMILES string of the molecule is O=C1N(c2ccccc2)c2ccccc2C1(CCCc1cccnc1)CCCc1cccnc1. The number of amides is 1. The molecule has 34 heavy (non-hydrogen) atoms. The summed E-state index contributed by atoms with van der Waals surface area (Å²) in [5, 5.41) is 0. The number of pyridine rings is 2. The van der Waals surface area contributed by atoms with Crippen LogP contribution in [-0.4, -0.2) is 15.9 Å². The molecular weight excluding hydrogens is 418 g/mol. The summed E-state index contributed by atoms with van der Waals surface area (Å²) in [4.78, 5) is 24.7. The smallest absolute Gasteiger partial charge is 0.242 e. The van der Waals surface area contributed by atoms with E-state index < -0.39 is 5.41 Å². The molecule has 0 N–H and O–H groups in total. The summed E-state index contributed by atoms with van der Waals surface area (Å²) in [5.74, 6) is 0.192. The highest BCUT2D eigenvalue weighted by Gasteiger charge is 2.50. The van der Waals surface area contributed by atoms with Gasteiger partial charge in [0.2, 0.25) is 5.91 Å². The minimum Gasteiger partial charge on any atom is -0.280 e. The zero-order valence-corrected chi connectivity index (χ0v) is 19.3. The highest BCUT2D eigenvalue weighted by atomic mass is 16.2. The number of hydrogen-bond acceptors (Lipinski definition) is 3. The van der Waals surface area contributed by atoms with Crippen molar-refractivity contribution in [3.63, 3.8) is 0 Å². The summed E-state index contributed by atoms with van der Waals surface area (Å²) < 4.78 is 0. The van der Waals surface area contributed by atoms with Crippen LogP contribution in [0.4, 0.5) is 11.4 Å². The fourth-order valence-corrected chi connectivity index (χ4v) is 5.23. The second-order valence-electron chi connectivity index (χ2n) is 9.01. The number of carbonyl (C=O) groups is 1. The molecule has 0 fully saturated rings. The lowest BCUT2D eigenvalue weighted by Gasteiger charge is -2.29. The minimum atomic E-state index is -0.531. The Morgan fingerprint density at radius 2 is 1.26 bits per heavy atom. The van der Waals surface area contributed by atoms with Crippen molar-refractivity contribution >= 4 is 17.3 Å². The van der Waals surface area contributed by atoms with Gasteiger partial charge in [-0.25, -0.2) is 0 Å². The molecule has 0 radical (unpaired) electrons. The summed E-state index contributed by atoms with van der Waals surface area (Å²) in [7, 11) is 0. The minimum absolute atomic E-state index is 0.192. The van der Waals surface area contributed by atoms with Crippen LogP contribution in [0.5, 0.6) is 0 Å².